The number of nitrogens with zero attached hydrogens (tertiary/aromatic N) is 3. The van der Waals surface area contributed by atoms with Gasteiger partial charge >= 0.3 is 0 Å². The van der Waals surface area contributed by atoms with Crippen LogP contribution in [0.1, 0.15) is 5.56 Å². The normalized spacial score (nSPS) is 10.4. The van der Waals surface area contributed by atoms with E-state index in [1.165, 1.54) is 0 Å². The van der Waals surface area contributed by atoms with E-state index in [-0.39, 0.29) is 0 Å². The molecule has 0 atom stereocenters. The zero-order valence-corrected chi connectivity index (χ0v) is 15.1. The summed E-state index contributed by atoms with van der Waals surface area (Å²) in [4.78, 5) is 9.53. The van der Waals surface area contributed by atoms with Gasteiger partial charge in [0.1, 0.15) is 5.69 Å². The van der Waals surface area contributed by atoms with E-state index >= 15 is 0 Å². The molecule has 0 aliphatic rings. The highest BCUT2D eigenvalue weighted by molar-refractivity contribution is 6.32. The number of hydrogen-bond donors (Lipinski definition) is 0. The zero-order valence-electron chi connectivity index (χ0n) is 14.3. The molecule has 4 heteroatoms. The lowest BCUT2D eigenvalue weighted by atomic mass is 10.0. The number of benzene rings is 3. The Morgan fingerprint density at radius 3 is 1.78 bits per heavy atom. The molecule has 3 aromatic carbocycles. The second-order valence-electron chi connectivity index (χ2n) is 5.98. The van der Waals surface area contributed by atoms with Crippen molar-refractivity contribution in [2.75, 3.05) is 0 Å². The molecular weight excluding hydrogens is 354 g/mol. The summed E-state index contributed by atoms with van der Waals surface area (Å²) < 4.78 is 0. The average molecular weight is 368 g/mol. The molecule has 4 rings (SSSR count). The predicted octanol–water partition coefficient (Wildman–Crippen LogP) is 6.00. The molecule has 27 heavy (non-hydrogen) atoms. The highest BCUT2D eigenvalue weighted by atomic mass is 35.5. The second kappa shape index (κ2) is 7.41. The summed E-state index contributed by atoms with van der Waals surface area (Å²) in [7, 11) is 0. The molecule has 1 heterocycles. The number of halogens is 1. The fourth-order valence-electron chi connectivity index (χ4n) is 2.93. The average Bonchev–Trinajstić information content (AvgIpc) is 2.75. The van der Waals surface area contributed by atoms with E-state index in [4.69, 9.17) is 16.6 Å². The molecular formula is C23H14ClN3. The van der Waals surface area contributed by atoms with E-state index in [2.05, 4.69) is 11.1 Å². The van der Waals surface area contributed by atoms with Crippen molar-refractivity contribution < 1.29 is 0 Å². The Morgan fingerprint density at radius 2 is 1.19 bits per heavy atom. The fourth-order valence-corrected chi connectivity index (χ4v) is 3.17. The van der Waals surface area contributed by atoms with Gasteiger partial charge in [0, 0.05) is 16.7 Å². The van der Waals surface area contributed by atoms with E-state index in [1.54, 1.807) is 12.1 Å². The molecule has 0 amide bonds. The van der Waals surface area contributed by atoms with Crippen molar-refractivity contribution in [1.29, 1.82) is 5.26 Å². The van der Waals surface area contributed by atoms with Crippen LogP contribution < -0.4 is 0 Å². The van der Waals surface area contributed by atoms with Gasteiger partial charge in [-0.25, -0.2) is 9.97 Å². The maximum atomic E-state index is 9.18. The summed E-state index contributed by atoms with van der Waals surface area (Å²) in [5.41, 5.74) is 5.27. The standard InChI is InChI=1S/C23H14ClN3/c24-23-22(19-13-7-8-16(14-19)15-25)26-20(17-9-3-1-4-10-17)21(27-23)18-11-5-2-6-12-18/h1-14H. The van der Waals surface area contributed by atoms with Gasteiger partial charge in [-0.3, -0.25) is 0 Å². The third-order valence-electron chi connectivity index (χ3n) is 4.21. The lowest BCUT2D eigenvalue weighted by Crippen LogP contribution is -1.98. The van der Waals surface area contributed by atoms with Crippen molar-refractivity contribution in [3.8, 4) is 39.8 Å². The Bertz CT molecular complexity index is 1130. The Hall–Kier alpha value is -3.48. The fraction of sp³-hybridized carbons (Fsp3) is 0. The molecule has 0 spiro atoms. The van der Waals surface area contributed by atoms with E-state index in [0.29, 0.717) is 16.4 Å². The minimum absolute atomic E-state index is 0.309. The van der Waals surface area contributed by atoms with Gasteiger partial charge in [0.2, 0.25) is 0 Å². The largest absolute Gasteiger partial charge is 0.242 e. The van der Waals surface area contributed by atoms with Crippen LogP contribution in [0.3, 0.4) is 0 Å². The zero-order chi connectivity index (χ0) is 18.6. The number of rotatable bonds is 3. The second-order valence-corrected chi connectivity index (χ2v) is 6.34. The quantitative estimate of drug-likeness (QED) is 0.446. The maximum absolute atomic E-state index is 9.18. The van der Waals surface area contributed by atoms with Crippen LogP contribution in [0.4, 0.5) is 0 Å². The van der Waals surface area contributed by atoms with Crippen molar-refractivity contribution in [3.05, 3.63) is 95.6 Å². The first-order valence-corrected chi connectivity index (χ1v) is 8.83. The summed E-state index contributed by atoms with van der Waals surface area (Å²) in [6.07, 6.45) is 0. The molecule has 0 radical (unpaired) electrons. The summed E-state index contributed by atoms with van der Waals surface area (Å²) in [6.45, 7) is 0. The topological polar surface area (TPSA) is 49.6 Å². The van der Waals surface area contributed by atoms with Crippen molar-refractivity contribution in [1.82, 2.24) is 9.97 Å². The van der Waals surface area contributed by atoms with Crippen LogP contribution in [0.5, 0.6) is 0 Å². The van der Waals surface area contributed by atoms with Gasteiger partial charge in [-0.1, -0.05) is 84.4 Å². The lowest BCUT2D eigenvalue weighted by Gasteiger charge is -2.13. The molecule has 0 aliphatic carbocycles. The molecule has 0 saturated heterocycles. The van der Waals surface area contributed by atoms with Gasteiger partial charge in [0.25, 0.3) is 0 Å². The summed E-state index contributed by atoms with van der Waals surface area (Å²) in [6, 6.07) is 29.1. The van der Waals surface area contributed by atoms with Crippen molar-refractivity contribution in [3.63, 3.8) is 0 Å². The van der Waals surface area contributed by atoms with Crippen LogP contribution in [-0.4, -0.2) is 9.97 Å². The highest BCUT2D eigenvalue weighted by Crippen LogP contribution is 2.34. The van der Waals surface area contributed by atoms with Crippen molar-refractivity contribution in [2.24, 2.45) is 0 Å². The smallest absolute Gasteiger partial charge is 0.156 e. The monoisotopic (exact) mass is 367 g/mol. The van der Waals surface area contributed by atoms with Gasteiger partial charge in [-0.05, 0) is 12.1 Å². The molecule has 4 aromatic rings. The van der Waals surface area contributed by atoms with Gasteiger partial charge in [0.15, 0.2) is 5.15 Å². The maximum Gasteiger partial charge on any atom is 0.156 e. The van der Waals surface area contributed by atoms with Crippen molar-refractivity contribution in [2.45, 2.75) is 0 Å². The van der Waals surface area contributed by atoms with E-state index in [0.717, 1.165) is 28.1 Å². The van der Waals surface area contributed by atoms with Gasteiger partial charge in [-0.2, -0.15) is 5.26 Å². The Morgan fingerprint density at radius 1 is 0.630 bits per heavy atom. The van der Waals surface area contributed by atoms with Gasteiger partial charge in [-0.15, -0.1) is 0 Å². The molecule has 0 fully saturated rings. The highest BCUT2D eigenvalue weighted by Gasteiger charge is 2.17. The first kappa shape index (κ1) is 17.0. The molecule has 3 nitrogen and oxygen atoms in total. The third kappa shape index (κ3) is 3.44. The molecule has 0 aliphatic heterocycles. The van der Waals surface area contributed by atoms with Crippen LogP contribution in [0.15, 0.2) is 84.9 Å². The minimum atomic E-state index is 0.309. The first-order chi connectivity index (χ1) is 13.3. The molecule has 0 bridgehead atoms. The number of hydrogen-bond acceptors (Lipinski definition) is 3. The molecule has 0 saturated carbocycles. The van der Waals surface area contributed by atoms with Crippen LogP contribution in [0, 0.1) is 11.3 Å². The van der Waals surface area contributed by atoms with Crippen LogP contribution in [-0.2, 0) is 0 Å². The van der Waals surface area contributed by atoms with Gasteiger partial charge < -0.3 is 0 Å². The number of nitriles is 1. The van der Waals surface area contributed by atoms with E-state index in [1.807, 2.05) is 72.8 Å². The Kier molecular flexibility index (Phi) is 4.65. The van der Waals surface area contributed by atoms with Crippen LogP contribution >= 0.6 is 11.6 Å². The first-order valence-electron chi connectivity index (χ1n) is 8.45. The number of aromatic nitrogens is 2. The minimum Gasteiger partial charge on any atom is -0.242 e. The summed E-state index contributed by atoms with van der Waals surface area (Å²) in [5, 5.41) is 9.49. The van der Waals surface area contributed by atoms with E-state index in [9.17, 15) is 5.26 Å². The third-order valence-corrected chi connectivity index (χ3v) is 4.48. The molecule has 128 valence electrons. The van der Waals surface area contributed by atoms with E-state index < -0.39 is 0 Å². The molecule has 0 unspecified atom stereocenters. The Labute approximate surface area is 162 Å². The van der Waals surface area contributed by atoms with Gasteiger partial charge in [0.05, 0.1) is 23.0 Å². The van der Waals surface area contributed by atoms with Crippen LogP contribution in [0.2, 0.25) is 5.15 Å². The summed E-state index contributed by atoms with van der Waals surface area (Å²) in [5.74, 6) is 0. The summed E-state index contributed by atoms with van der Waals surface area (Å²) >= 11 is 6.51. The molecule has 1 aromatic heterocycles. The van der Waals surface area contributed by atoms with Crippen molar-refractivity contribution >= 4 is 11.6 Å². The predicted molar refractivity (Wildman–Crippen MR) is 108 cm³/mol. The van der Waals surface area contributed by atoms with Crippen LogP contribution in [0.25, 0.3) is 33.8 Å². The Balaban J connectivity index is 1.97. The lowest BCUT2D eigenvalue weighted by molar-refractivity contribution is 1.21. The molecule has 0 N–H and O–H groups in total. The SMILES string of the molecule is N#Cc1cccc(-c2nc(-c3ccccc3)c(-c3ccccc3)nc2Cl)c1.